The minimum absolute atomic E-state index is 0.0135. The van der Waals surface area contributed by atoms with Crippen molar-refractivity contribution in [3.8, 4) is 11.5 Å². The van der Waals surface area contributed by atoms with Crippen LogP contribution >= 0.6 is 23.2 Å². The van der Waals surface area contributed by atoms with Crippen LogP contribution in [0.4, 0.5) is 0 Å². The monoisotopic (exact) mass is 399 g/mol. The number of halogens is 2. The first kappa shape index (κ1) is 10.4. The Morgan fingerprint density at radius 1 is 1.15 bits per heavy atom. The lowest BCUT2D eigenvalue weighted by Crippen LogP contribution is -2.10. The Morgan fingerprint density at radius 3 is 2.54 bits per heavy atom. The van der Waals surface area contributed by atoms with E-state index in [1.165, 1.54) is 6.08 Å². The molecule has 136 valence electrons. The second-order valence-electron chi connectivity index (χ2n) is 6.25. The summed E-state index contributed by atoms with van der Waals surface area (Å²) in [6, 6.07) is -5.83. The normalized spacial score (nSPS) is 25.0. The molecule has 1 saturated carbocycles. The van der Waals surface area contributed by atoms with Crippen molar-refractivity contribution in [2.24, 2.45) is 17.3 Å². The quantitative estimate of drug-likeness (QED) is 0.549. The molecule has 5 heteroatoms. The van der Waals surface area contributed by atoms with Crippen LogP contribution in [0, 0.1) is 17.3 Å². The number of benzene rings is 2. The molecule has 1 aliphatic rings. The zero-order valence-electron chi connectivity index (χ0n) is 22.9. The smallest absolute Gasteiger partial charge is 0.310 e. The van der Waals surface area contributed by atoms with E-state index < -0.39 is 89.8 Å². The first-order valence-electron chi connectivity index (χ1n) is 12.2. The van der Waals surface area contributed by atoms with Crippen LogP contribution in [-0.4, -0.2) is 5.97 Å². The van der Waals surface area contributed by atoms with Crippen LogP contribution in [0.1, 0.15) is 31.7 Å². The van der Waals surface area contributed by atoms with Crippen molar-refractivity contribution in [1.82, 2.24) is 0 Å². The van der Waals surface area contributed by atoms with E-state index in [-0.39, 0.29) is 16.0 Å². The van der Waals surface area contributed by atoms with Crippen molar-refractivity contribution in [2.45, 2.75) is 20.5 Å². The predicted molar refractivity (Wildman–Crippen MR) is 103 cm³/mol. The number of hydrogen-bond donors (Lipinski definition) is 0. The summed E-state index contributed by atoms with van der Waals surface area (Å²) in [5.74, 6) is -2.69. The lowest BCUT2D eigenvalue weighted by Gasteiger charge is -2.09. The molecule has 3 nitrogen and oxygen atoms in total. The molecule has 0 bridgehead atoms. The van der Waals surface area contributed by atoms with Gasteiger partial charge in [0.1, 0.15) is 22.6 Å². The van der Waals surface area contributed by atoms with Gasteiger partial charge in [-0.25, -0.2) is 0 Å². The Hall–Kier alpha value is -1.97. The summed E-state index contributed by atoms with van der Waals surface area (Å²) >= 11 is 11.4. The summed E-state index contributed by atoms with van der Waals surface area (Å²) in [6.07, 6.45) is 1.53. The maximum Gasteiger partial charge on any atom is 0.310 e. The van der Waals surface area contributed by atoms with Crippen molar-refractivity contribution >= 4 is 29.2 Å². The number of esters is 1. The van der Waals surface area contributed by atoms with E-state index in [4.69, 9.17) is 45.0 Å². The Kier molecular flexibility index (Phi) is 3.09. The number of carbonyl (C=O) groups excluding carboxylic acids is 1. The van der Waals surface area contributed by atoms with Crippen molar-refractivity contribution in [2.75, 3.05) is 0 Å². The highest BCUT2D eigenvalue weighted by Crippen LogP contribution is 2.60. The maximum atomic E-state index is 12.6. The van der Waals surface area contributed by atoms with Crippen LogP contribution in [0.3, 0.4) is 0 Å². The van der Waals surface area contributed by atoms with Crippen molar-refractivity contribution in [3.05, 3.63) is 70.5 Å². The van der Waals surface area contributed by atoms with Crippen LogP contribution in [0.25, 0.3) is 0 Å². The van der Waals surface area contributed by atoms with Crippen LogP contribution in [0.2, 0.25) is 0 Å². The fraction of sp³-hybridized carbons (Fsp3) is 0.286. The van der Waals surface area contributed by atoms with Gasteiger partial charge in [-0.3, -0.25) is 4.79 Å². The lowest BCUT2D eigenvalue weighted by molar-refractivity contribution is -0.147. The summed E-state index contributed by atoms with van der Waals surface area (Å²) < 4.78 is 82.5. The van der Waals surface area contributed by atoms with Crippen molar-refractivity contribution in [1.29, 1.82) is 0 Å². The molecular weight excluding hydrogens is 371 g/mol. The molecule has 2 aromatic rings. The van der Waals surface area contributed by atoms with Gasteiger partial charge >= 0.3 is 5.97 Å². The molecule has 1 fully saturated rings. The Bertz CT molecular complexity index is 1230. The van der Waals surface area contributed by atoms with Crippen LogP contribution in [-0.2, 0) is 16.1 Å². The predicted octanol–water partition coefficient (Wildman–Crippen LogP) is 6.11. The van der Waals surface area contributed by atoms with Gasteiger partial charge in [0.15, 0.2) is 0 Å². The average molecular weight is 400 g/mol. The molecule has 0 saturated heterocycles. The Labute approximate surface area is 176 Å². The number of hydrogen-bond acceptors (Lipinski definition) is 3. The topological polar surface area (TPSA) is 35.5 Å². The van der Waals surface area contributed by atoms with Crippen LogP contribution < -0.4 is 4.74 Å². The lowest BCUT2D eigenvalue weighted by atomic mass is 10.1. The summed E-state index contributed by atoms with van der Waals surface area (Å²) in [6.45, 7) is 3.08. The fourth-order valence-electron chi connectivity index (χ4n) is 2.69. The molecule has 0 heterocycles. The van der Waals surface area contributed by atoms with Crippen LogP contribution in [0.5, 0.6) is 11.5 Å². The second kappa shape index (κ2) is 7.73. The SMILES string of the molecule is [2H]c1c([2H])c([2H])c(Oc2c([2H])c([2H])c([2H])c(COC(=O)C3C(C=C(Cl)Cl)C3(C)C)c2[2H])c([2H])c1[2H]. The van der Waals surface area contributed by atoms with Crippen molar-refractivity contribution < 1.29 is 26.6 Å². The number of ether oxygens (including phenoxy) is 2. The molecule has 0 amide bonds. The third-order valence-electron chi connectivity index (χ3n) is 4.16. The first-order valence-corrected chi connectivity index (χ1v) is 8.41. The van der Waals surface area contributed by atoms with Gasteiger partial charge in [-0.15, -0.1) is 0 Å². The highest BCUT2D eigenvalue weighted by molar-refractivity contribution is 6.55. The molecule has 0 aromatic heterocycles. The number of rotatable bonds is 6. The van der Waals surface area contributed by atoms with Gasteiger partial charge in [-0.1, -0.05) is 67.3 Å². The molecule has 2 unspecified atom stereocenters. The molecule has 0 N–H and O–H groups in total. The molecule has 2 aromatic carbocycles. The summed E-state index contributed by atoms with van der Waals surface area (Å²) in [5, 5.41) is 0. The van der Waals surface area contributed by atoms with Gasteiger partial charge in [-0.05, 0) is 47.1 Å². The van der Waals surface area contributed by atoms with Gasteiger partial charge in [-0.2, -0.15) is 0 Å². The third kappa shape index (κ3) is 4.40. The summed E-state index contributed by atoms with van der Waals surface area (Å²) in [4.78, 5) is 12.6. The first-order chi connectivity index (χ1) is 16.1. The van der Waals surface area contributed by atoms with E-state index in [2.05, 4.69) is 0 Å². The zero-order chi connectivity index (χ0) is 26.6. The highest BCUT2D eigenvalue weighted by atomic mass is 35.5. The number of para-hydroxylation sites is 1. The molecule has 1 aliphatic carbocycles. The largest absolute Gasteiger partial charge is 0.461 e. The van der Waals surface area contributed by atoms with Crippen LogP contribution in [0.15, 0.2) is 64.9 Å². The zero-order valence-corrected chi connectivity index (χ0v) is 15.4. The van der Waals surface area contributed by atoms with Gasteiger partial charge in [0.2, 0.25) is 0 Å². The average Bonchev–Trinajstić information content (AvgIpc) is 3.32. The standard InChI is InChI=1S/C21H20Cl2O3/c1-21(2)17(12-18(22)23)19(21)20(24)25-13-14-7-6-10-16(11-14)26-15-8-4-3-5-9-15/h3-12,17,19H,13H2,1-2H3/i3D,4D,5D,6D,7D,8D,9D,10D,11D. The van der Waals surface area contributed by atoms with Gasteiger partial charge in [0, 0.05) is 0 Å². The molecule has 0 radical (unpaired) electrons. The highest BCUT2D eigenvalue weighted by Gasteiger charge is 2.61. The molecule has 3 rings (SSSR count). The number of carbonyl (C=O) groups is 1. The van der Waals surface area contributed by atoms with E-state index >= 15 is 0 Å². The van der Waals surface area contributed by atoms with E-state index in [1.807, 2.05) is 13.8 Å². The molecule has 2 atom stereocenters. The van der Waals surface area contributed by atoms with Gasteiger partial charge in [0.25, 0.3) is 0 Å². The van der Waals surface area contributed by atoms with Gasteiger partial charge < -0.3 is 9.47 Å². The summed E-state index contributed by atoms with van der Waals surface area (Å²) in [7, 11) is 0. The Morgan fingerprint density at radius 2 is 1.85 bits per heavy atom. The minimum atomic E-state index is -0.697. The third-order valence-corrected chi connectivity index (χ3v) is 4.42. The van der Waals surface area contributed by atoms with Gasteiger partial charge in [0.05, 0.1) is 18.3 Å². The molecule has 0 spiro atoms. The Balaban J connectivity index is 1.95. The number of allylic oxidation sites excluding steroid dienone is 1. The fourth-order valence-corrected chi connectivity index (χ4v) is 2.96. The van der Waals surface area contributed by atoms with E-state index in [0.717, 1.165) is 0 Å². The maximum absolute atomic E-state index is 12.6. The van der Waals surface area contributed by atoms with E-state index in [9.17, 15) is 4.79 Å². The minimum Gasteiger partial charge on any atom is -0.461 e. The van der Waals surface area contributed by atoms with E-state index in [1.54, 1.807) is 0 Å². The molecule has 0 aliphatic heterocycles. The van der Waals surface area contributed by atoms with Crippen molar-refractivity contribution in [3.63, 3.8) is 0 Å². The molecular formula is C21H20Cl2O3. The second-order valence-corrected chi connectivity index (χ2v) is 7.26. The molecule has 26 heavy (non-hydrogen) atoms. The summed E-state index contributed by atoms with van der Waals surface area (Å²) in [5.41, 5.74) is -0.705. The van der Waals surface area contributed by atoms with E-state index in [0.29, 0.717) is 0 Å².